The summed E-state index contributed by atoms with van der Waals surface area (Å²) in [5.41, 5.74) is 0.954. The third kappa shape index (κ3) is 6.28. The van der Waals surface area contributed by atoms with Gasteiger partial charge in [0.15, 0.2) is 0 Å². The van der Waals surface area contributed by atoms with Crippen LogP contribution in [0.3, 0.4) is 0 Å². The Morgan fingerprint density at radius 1 is 1.26 bits per heavy atom. The first-order valence-corrected chi connectivity index (χ1v) is 8.33. The molecule has 1 amide bonds. The summed E-state index contributed by atoms with van der Waals surface area (Å²) in [7, 11) is 3.99. The number of carbonyl (C=O) groups excluding carboxylic acids is 1. The lowest BCUT2D eigenvalue weighted by Gasteiger charge is -2.25. The molecule has 1 saturated heterocycles. The minimum atomic E-state index is -0.252. The van der Waals surface area contributed by atoms with Crippen molar-refractivity contribution in [2.45, 2.75) is 38.3 Å². The average Bonchev–Trinajstić information content (AvgIpc) is 3.04. The molecule has 0 N–H and O–H groups in total. The molecule has 1 aromatic carbocycles. The average molecular weight is 322 g/mol. The summed E-state index contributed by atoms with van der Waals surface area (Å²) >= 11 is 0. The van der Waals surface area contributed by atoms with Gasteiger partial charge < -0.3 is 14.5 Å². The standard InChI is InChI=1S/C18H27FN2O2/c1-20(2)11-12-21(14-15-5-7-16(19)8-6-15)18(22)10-9-17-4-3-13-23-17/h5-8,17H,3-4,9-14H2,1-2H3. The van der Waals surface area contributed by atoms with E-state index in [1.54, 1.807) is 12.1 Å². The summed E-state index contributed by atoms with van der Waals surface area (Å²) in [4.78, 5) is 16.5. The van der Waals surface area contributed by atoms with Crippen LogP contribution < -0.4 is 0 Å². The highest BCUT2D eigenvalue weighted by molar-refractivity contribution is 5.76. The molecular formula is C18H27FN2O2. The maximum absolute atomic E-state index is 13.0. The number of carbonyl (C=O) groups is 1. The molecular weight excluding hydrogens is 295 g/mol. The topological polar surface area (TPSA) is 32.8 Å². The number of ether oxygens (including phenoxy) is 1. The molecule has 1 aromatic rings. The highest BCUT2D eigenvalue weighted by Gasteiger charge is 2.20. The molecule has 1 aliphatic heterocycles. The second-order valence-electron chi connectivity index (χ2n) is 6.42. The molecule has 4 nitrogen and oxygen atoms in total. The van der Waals surface area contributed by atoms with Crippen molar-refractivity contribution in [2.24, 2.45) is 0 Å². The van der Waals surface area contributed by atoms with Gasteiger partial charge in [-0.1, -0.05) is 12.1 Å². The lowest BCUT2D eigenvalue weighted by atomic mass is 10.1. The number of rotatable bonds is 8. The van der Waals surface area contributed by atoms with Gasteiger partial charge in [0, 0.05) is 32.7 Å². The van der Waals surface area contributed by atoms with Gasteiger partial charge in [0.05, 0.1) is 6.10 Å². The van der Waals surface area contributed by atoms with Gasteiger partial charge in [-0.3, -0.25) is 4.79 Å². The van der Waals surface area contributed by atoms with Crippen molar-refractivity contribution in [3.05, 3.63) is 35.6 Å². The van der Waals surface area contributed by atoms with Gasteiger partial charge in [0.2, 0.25) is 5.91 Å². The van der Waals surface area contributed by atoms with Crippen molar-refractivity contribution in [2.75, 3.05) is 33.8 Å². The van der Waals surface area contributed by atoms with E-state index in [9.17, 15) is 9.18 Å². The molecule has 5 heteroatoms. The SMILES string of the molecule is CN(C)CCN(Cc1ccc(F)cc1)C(=O)CCC1CCCO1. The third-order valence-electron chi connectivity index (χ3n) is 4.16. The largest absolute Gasteiger partial charge is 0.378 e. The van der Waals surface area contributed by atoms with Crippen molar-refractivity contribution in [3.63, 3.8) is 0 Å². The van der Waals surface area contributed by atoms with Crippen LogP contribution in [0.2, 0.25) is 0 Å². The minimum Gasteiger partial charge on any atom is -0.378 e. The quantitative estimate of drug-likeness (QED) is 0.738. The van der Waals surface area contributed by atoms with E-state index >= 15 is 0 Å². The van der Waals surface area contributed by atoms with E-state index in [4.69, 9.17) is 4.74 Å². The highest BCUT2D eigenvalue weighted by Crippen LogP contribution is 2.18. The van der Waals surface area contributed by atoms with Gasteiger partial charge in [-0.05, 0) is 51.1 Å². The Bertz CT molecular complexity index is 484. The van der Waals surface area contributed by atoms with E-state index in [1.807, 2.05) is 19.0 Å². The summed E-state index contributed by atoms with van der Waals surface area (Å²) in [6.07, 6.45) is 3.70. The molecule has 0 bridgehead atoms. The van der Waals surface area contributed by atoms with Gasteiger partial charge >= 0.3 is 0 Å². The Labute approximate surface area is 138 Å². The van der Waals surface area contributed by atoms with E-state index < -0.39 is 0 Å². The molecule has 0 aromatic heterocycles. The van der Waals surface area contributed by atoms with E-state index in [2.05, 4.69) is 4.90 Å². The fraction of sp³-hybridized carbons (Fsp3) is 0.611. The van der Waals surface area contributed by atoms with Crippen LogP contribution >= 0.6 is 0 Å². The zero-order valence-electron chi connectivity index (χ0n) is 14.1. The molecule has 0 radical (unpaired) electrons. The first kappa shape index (κ1) is 17.9. The van der Waals surface area contributed by atoms with Crippen molar-refractivity contribution >= 4 is 5.91 Å². The van der Waals surface area contributed by atoms with Gasteiger partial charge in [0.1, 0.15) is 5.82 Å². The lowest BCUT2D eigenvalue weighted by molar-refractivity contribution is -0.132. The monoisotopic (exact) mass is 322 g/mol. The normalized spacial score (nSPS) is 17.7. The highest BCUT2D eigenvalue weighted by atomic mass is 19.1. The Balaban J connectivity index is 1.91. The molecule has 2 rings (SSSR count). The Morgan fingerprint density at radius 2 is 2.00 bits per heavy atom. The van der Waals surface area contributed by atoms with Gasteiger partial charge in [0.25, 0.3) is 0 Å². The number of nitrogens with zero attached hydrogens (tertiary/aromatic N) is 2. The van der Waals surface area contributed by atoms with Crippen LogP contribution in [0.5, 0.6) is 0 Å². The smallest absolute Gasteiger partial charge is 0.223 e. The van der Waals surface area contributed by atoms with Crippen LogP contribution in [-0.2, 0) is 16.1 Å². The zero-order valence-corrected chi connectivity index (χ0v) is 14.1. The van der Waals surface area contributed by atoms with Crippen LogP contribution in [-0.4, -0.2) is 55.6 Å². The van der Waals surface area contributed by atoms with Crippen molar-refractivity contribution < 1.29 is 13.9 Å². The molecule has 1 heterocycles. The molecule has 1 fully saturated rings. The molecule has 1 aliphatic rings. The molecule has 0 spiro atoms. The molecule has 0 aliphatic carbocycles. The van der Waals surface area contributed by atoms with E-state index in [0.717, 1.165) is 38.0 Å². The number of amides is 1. The number of hydrogen-bond acceptors (Lipinski definition) is 3. The second kappa shape index (κ2) is 8.99. The Morgan fingerprint density at radius 3 is 2.61 bits per heavy atom. The van der Waals surface area contributed by atoms with Gasteiger partial charge in [-0.25, -0.2) is 4.39 Å². The third-order valence-corrected chi connectivity index (χ3v) is 4.16. The summed E-state index contributed by atoms with van der Waals surface area (Å²) in [5, 5.41) is 0. The van der Waals surface area contributed by atoms with Crippen LogP contribution in [0.15, 0.2) is 24.3 Å². The lowest BCUT2D eigenvalue weighted by Crippen LogP contribution is -2.36. The summed E-state index contributed by atoms with van der Waals surface area (Å²) in [6, 6.07) is 6.36. The fourth-order valence-corrected chi connectivity index (χ4v) is 2.74. The van der Waals surface area contributed by atoms with Crippen molar-refractivity contribution in [1.29, 1.82) is 0 Å². The predicted molar refractivity (Wildman–Crippen MR) is 88.6 cm³/mol. The first-order chi connectivity index (χ1) is 11.0. The summed E-state index contributed by atoms with van der Waals surface area (Å²) in [5.74, 6) is -0.107. The van der Waals surface area contributed by atoms with Crippen LogP contribution in [0.25, 0.3) is 0 Å². The maximum atomic E-state index is 13.0. The maximum Gasteiger partial charge on any atom is 0.223 e. The van der Waals surface area contributed by atoms with Gasteiger partial charge in [-0.15, -0.1) is 0 Å². The Hall–Kier alpha value is -1.46. The minimum absolute atomic E-state index is 0.145. The zero-order chi connectivity index (χ0) is 16.7. The number of benzene rings is 1. The van der Waals surface area contributed by atoms with E-state index in [-0.39, 0.29) is 17.8 Å². The molecule has 1 atom stereocenters. The van der Waals surface area contributed by atoms with Crippen LogP contribution in [0.4, 0.5) is 4.39 Å². The Kier molecular flexibility index (Phi) is 6.99. The van der Waals surface area contributed by atoms with Crippen molar-refractivity contribution in [3.8, 4) is 0 Å². The summed E-state index contributed by atoms with van der Waals surface area (Å²) < 4.78 is 18.6. The number of halogens is 1. The first-order valence-electron chi connectivity index (χ1n) is 8.33. The predicted octanol–water partition coefficient (Wildman–Crippen LogP) is 2.68. The summed E-state index contributed by atoms with van der Waals surface area (Å²) in [6.45, 7) is 2.83. The number of likely N-dealkylation sites (N-methyl/N-ethyl adjacent to an activating group) is 1. The molecule has 23 heavy (non-hydrogen) atoms. The van der Waals surface area contributed by atoms with Gasteiger partial charge in [-0.2, -0.15) is 0 Å². The molecule has 0 saturated carbocycles. The molecule has 128 valence electrons. The van der Waals surface area contributed by atoms with Crippen molar-refractivity contribution in [1.82, 2.24) is 9.80 Å². The fourth-order valence-electron chi connectivity index (χ4n) is 2.74. The molecule has 1 unspecified atom stereocenters. The van der Waals surface area contributed by atoms with E-state index in [0.29, 0.717) is 19.5 Å². The van der Waals surface area contributed by atoms with Crippen LogP contribution in [0, 0.1) is 5.82 Å². The van der Waals surface area contributed by atoms with E-state index in [1.165, 1.54) is 12.1 Å². The second-order valence-corrected chi connectivity index (χ2v) is 6.42. The van der Waals surface area contributed by atoms with Crippen LogP contribution in [0.1, 0.15) is 31.2 Å². The number of hydrogen-bond donors (Lipinski definition) is 0.